The molecule has 1 heterocycles. The summed E-state index contributed by atoms with van der Waals surface area (Å²) in [5, 5.41) is 18.1. The highest BCUT2D eigenvalue weighted by atomic mass is 16.3. The van der Waals surface area contributed by atoms with E-state index in [0.717, 1.165) is 16.8 Å². The normalized spacial score (nSPS) is 10.2. The van der Waals surface area contributed by atoms with Crippen LogP contribution in [-0.4, -0.2) is 15.2 Å². The second-order valence-electron chi connectivity index (χ2n) is 3.25. The van der Waals surface area contributed by atoms with Gasteiger partial charge in [-0.05, 0) is 42.0 Å². The van der Waals surface area contributed by atoms with E-state index in [2.05, 4.69) is 4.98 Å². The van der Waals surface area contributed by atoms with Gasteiger partial charge in [-0.1, -0.05) is 0 Å². The van der Waals surface area contributed by atoms with Crippen LogP contribution in [0.15, 0.2) is 42.6 Å². The van der Waals surface area contributed by atoms with Gasteiger partial charge in [0, 0.05) is 11.8 Å². The van der Waals surface area contributed by atoms with Crippen molar-refractivity contribution in [3.05, 3.63) is 48.2 Å². The third kappa shape index (κ3) is 2.14. The van der Waals surface area contributed by atoms with Crippen LogP contribution in [0.5, 0.6) is 5.75 Å². The third-order valence-corrected chi connectivity index (χ3v) is 2.17. The SMILES string of the molecule is OCc1ccnc(-c2ccc(O)cc2)c1. The zero-order valence-electron chi connectivity index (χ0n) is 8.09. The molecule has 3 heteroatoms. The summed E-state index contributed by atoms with van der Waals surface area (Å²) in [5.41, 5.74) is 2.54. The highest BCUT2D eigenvalue weighted by Gasteiger charge is 2.00. The van der Waals surface area contributed by atoms with E-state index < -0.39 is 0 Å². The molecule has 0 fully saturated rings. The van der Waals surface area contributed by atoms with E-state index in [9.17, 15) is 0 Å². The largest absolute Gasteiger partial charge is 0.508 e. The molecule has 0 bridgehead atoms. The van der Waals surface area contributed by atoms with Crippen LogP contribution >= 0.6 is 0 Å². The average Bonchev–Trinajstić information content (AvgIpc) is 2.30. The summed E-state index contributed by atoms with van der Waals surface area (Å²) in [6.07, 6.45) is 1.66. The van der Waals surface area contributed by atoms with E-state index in [-0.39, 0.29) is 12.4 Å². The Balaban J connectivity index is 2.40. The number of benzene rings is 1. The van der Waals surface area contributed by atoms with Crippen LogP contribution in [-0.2, 0) is 6.61 Å². The fraction of sp³-hybridized carbons (Fsp3) is 0.0833. The highest BCUT2D eigenvalue weighted by molar-refractivity contribution is 5.60. The smallest absolute Gasteiger partial charge is 0.115 e. The molecule has 76 valence electrons. The molecular formula is C12H11NO2. The summed E-state index contributed by atoms with van der Waals surface area (Å²) in [6.45, 7) is 0.00754. The zero-order valence-corrected chi connectivity index (χ0v) is 8.09. The van der Waals surface area contributed by atoms with E-state index >= 15 is 0 Å². The van der Waals surface area contributed by atoms with E-state index in [0.29, 0.717) is 0 Å². The Morgan fingerprint density at radius 3 is 2.47 bits per heavy atom. The Hall–Kier alpha value is -1.87. The molecule has 2 aromatic rings. The van der Waals surface area contributed by atoms with Crippen LogP contribution in [0.1, 0.15) is 5.56 Å². The van der Waals surface area contributed by atoms with Crippen molar-refractivity contribution < 1.29 is 10.2 Å². The summed E-state index contributed by atoms with van der Waals surface area (Å²) in [7, 11) is 0. The maximum atomic E-state index is 9.14. The lowest BCUT2D eigenvalue weighted by Crippen LogP contribution is -1.87. The lowest BCUT2D eigenvalue weighted by Gasteiger charge is -2.02. The minimum absolute atomic E-state index is 0.00754. The molecule has 15 heavy (non-hydrogen) atoms. The van der Waals surface area contributed by atoms with Gasteiger partial charge in [-0.3, -0.25) is 4.98 Å². The van der Waals surface area contributed by atoms with Crippen molar-refractivity contribution in [1.29, 1.82) is 0 Å². The van der Waals surface area contributed by atoms with Crippen molar-refractivity contribution in [3.8, 4) is 17.0 Å². The summed E-state index contributed by atoms with van der Waals surface area (Å²) >= 11 is 0. The maximum Gasteiger partial charge on any atom is 0.115 e. The number of aliphatic hydroxyl groups excluding tert-OH is 1. The number of hydrogen-bond donors (Lipinski definition) is 2. The highest BCUT2D eigenvalue weighted by Crippen LogP contribution is 2.20. The molecular weight excluding hydrogens is 190 g/mol. The number of hydrogen-bond acceptors (Lipinski definition) is 3. The molecule has 1 aromatic heterocycles. The van der Waals surface area contributed by atoms with E-state index in [4.69, 9.17) is 10.2 Å². The number of aromatic hydroxyl groups is 1. The first kappa shape index (κ1) is 9.68. The van der Waals surface area contributed by atoms with Gasteiger partial charge in [0.1, 0.15) is 5.75 Å². The Labute approximate surface area is 87.7 Å². The van der Waals surface area contributed by atoms with Crippen LogP contribution in [0.2, 0.25) is 0 Å². The van der Waals surface area contributed by atoms with Gasteiger partial charge in [0.2, 0.25) is 0 Å². The molecule has 0 unspecified atom stereocenters. The molecule has 0 radical (unpaired) electrons. The van der Waals surface area contributed by atoms with Gasteiger partial charge in [0.05, 0.1) is 12.3 Å². The Morgan fingerprint density at radius 1 is 1.07 bits per heavy atom. The monoisotopic (exact) mass is 201 g/mol. The van der Waals surface area contributed by atoms with Crippen LogP contribution < -0.4 is 0 Å². The average molecular weight is 201 g/mol. The van der Waals surface area contributed by atoms with E-state index in [1.54, 1.807) is 36.5 Å². The molecule has 2 rings (SSSR count). The van der Waals surface area contributed by atoms with Gasteiger partial charge in [-0.15, -0.1) is 0 Å². The number of phenolic OH excluding ortho intramolecular Hbond substituents is 1. The van der Waals surface area contributed by atoms with Crippen molar-refractivity contribution in [2.75, 3.05) is 0 Å². The Morgan fingerprint density at radius 2 is 1.80 bits per heavy atom. The van der Waals surface area contributed by atoms with Gasteiger partial charge in [0.15, 0.2) is 0 Å². The Kier molecular flexibility index (Phi) is 2.65. The van der Waals surface area contributed by atoms with Gasteiger partial charge in [-0.2, -0.15) is 0 Å². The molecule has 0 aliphatic rings. The quantitative estimate of drug-likeness (QED) is 0.780. The first-order valence-electron chi connectivity index (χ1n) is 4.65. The van der Waals surface area contributed by atoms with Crippen LogP contribution in [0.3, 0.4) is 0 Å². The lowest BCUT2D eigenvalue weighted by atomic mass is 10.1. The molecule has 0 saturated heterocycles. The van der Waals surface area contributed by atoms with Gasteiger partial charge >= 0.3 is 0 Å². The van der Waals surface area contributed by atoms with Crippen LogP contribution in [0.25, 0.3) is 11.3 Å². The van der Waals surface area contributed by atoms with Crippen molar-refractivity contribution >= 4 is 0 Å². The molecule has 1 aromatic carbocycles. The number of nitrogens with zero attached hydrogens (tertiary/aromatic N) is 1. The first-order chi connectivity index (χ1) is 7.29. The fourth-order valence-electron chi connectivity index (χ4n) is 1.36. The summed E-state index contributed by atoms with van der Waals surface area (Å²) in [5.74, 6) is 0.233. The number of pyridine rings is 1. The topological polar surface area (TPSA) is 53.4 Å². The molecule has 0 saturated carbocycles. The molecule has 3 nitrogen and oxygen atoms in total. The fourth-order valence-corrected chi connectivity index (χ4v) is 1.36. The third-order valence-electron chi connectivity index (χ3n) is 2.17. The van der Waals surface area contributed by atoms with Crippen molar-refractivity contribution in [1.82, 2.24) is 4.98 Å². The van der Waals surface area contributed by atoms with Gasteiger partial charge in [-0.25, -0.2) is 0 Å². The molecule has 0 atom stereocenters. The zero-order chi connectivity index (χ0) is 10.7. The molecule has 2 N–H and O–H groups in total. The standard InChI is InChI=1S/C12H11NO2/c14-8-9-5-6-13-12(7-9)10-1-3-11(15)4-2-10/h1-7,14-15H,8H2. The summed E-state index contributed by atoms with van der Waals surface area (Å²) in [6, 6.07) is 10.4. The number of aliphatic hydroxyl groups is 1. The second kappa shape index (κ2) is 4.11. The van der Waals surface area contributed by atoms with E-state index in [1.807, 2.05) is 6.07 Å². The predicted octanol–water partition coefficient (Wildman–Crippen LogP) is 1.95. The number of phenols is 1. The summed E-state index contributed by atoms with van der Waals surface area (Å²) < 4.78 is 0. The number of aromatic nitrogens is 1. The molecule has 0 spiro atoms. The minimum Gasteiger partial charge on any atom is -0.508 e. The van der Waals surface area contributed by atoms with Crippen LogP contribution in [0.4, 0.5) is 0 Å². The second-order valence-corrected chi connectivity index (χ2v) is 3.25. The minimum atomic E-state index is 0.00754. The molecule has 0 aliphatic carbocycles. The van der Waals surface area contributed by atoms with E-state index in [1.165, 1.54) is 0 Å². The lowest BCUT2D eigenvalue weighted by molar-refractivity contribution is 0.282. The molecule has 0 amide bonds. The van der Waals surface area contributed by atoms with Gasteiger partial charge < -0.3 is 10.2 Å². The predicted molar refractivity (Wildman–Crippen MR) is 57.3 cm³/mol. The molecule has 0 aliphatic heterocycles. The van der Waals surface area contributed by atoms with Crippen LogP contribution in [0, 0.1) is 0 Å². The number of rotatable bonds is 2. The van der Waals surface area contributed by atoms with Gasteiger partial charge in [0.25, 0.3) is 0 Å². The summed E-state index contributed by atoms with van der Waals surface area (Å²) in [4.78, 5) is 4.19. The van der Waals surface area contributed by atoms with Crippen molar-refractivity contribution in [2.45, 2.75) is 6.61 Å². The first-order valence-corrected chi connectivity index (χ1v) is 4.65. The van der Waals surface area contributed by atoms with Crippen molar-refractivity contribution in [2.24, 2.45) is 0 Å². The Bertz CT molecular complexity index is 451. The maximum absolute atomic E-state index is 9.14. The van der Waals surface area contributed by atoms with Crippen molar-refractivity contribution in [3.63, 3.8) is 0 Å².